The number of hydrogen-bond acceptors (Lipinski definition) is 2. The largest absolute Gasteiger partial charge is 0.373 e. The average Bonchev–Trinajstić information content (AvgIpc) is 0.918. The molecule has 4 radical (unpaired) electrons. The molecule has 0 aliphatic carbocycles. The summed E-state index contributed by atoms with van der Waals surface area (Å²) in [5.41, 5.74) is 0. The van der Waals surface area contributed by atoms with Crippen LogP contribution in [0.25, 0.3) is 0 Å². The van der Waals surface area contributed by atoms with Crippen LogP contribution in [0.4, 0.5) is 0 Å². The molecule has 0 aromatic carbocycles. The fourth-order valence-corrected chi connectivity index (χ4v) is 0. The van der Waals surface area contributed by atoms with Crippen molar-refractivity contribution < 1.29 is 15.7 Å². The second-order valence-corrected chi connectivity index (χ2v) is 0.0833. The zero-order valence-electron chi connectivity index (χ0n) is 2.52. The Bertz CT molecular complexity index is 28.6. The van der Waals surface area contributed by atoms with Crippen LogP contribution in [0.5, 0.6) is 0 Å². The van der Waals surface area contributed by atoms with Crippen LogP contribution >= 0.6 is 0 Å². The Morgan fingerprint density at radius 1 is 1.20 bits per heavy atom. The quantitative estimate of drug-likeness (QED) is 0.377. The monoisotopic (exact) mass is 60.0 g/mol. The molecule has 0 aromatic rings. The van der Waals surface area contributed by atoms with Crippen molar-refractivity contribution in [3.05, 3.63) is 7.43 Å². The Kier molecular flexibility index (Phi) is 1150. The van der Waals surface area contributed by atoms with Crippen molar-refractivity contribution >= 4 is 6.15 Å². The minimum atomic E-state index is 0. The van der Waals surface area contributed by atoms with E-state index in [9.17, 15) is 0 Å². The van der Waals surface area contributed by atoms with Gasteiger partial charge in [-0.05, 0) is 0 Å². The van der Waals surface area contributed by atoms with Crippen LogP contribution in [0.1, 0.15) is 0 Å². The summed E-state index contributed by atoms with van der Waals surface area (Å²) in [6.45, 7) is 0. The first-order valence-corrected chi connectivity index (χ1v) is 0.408. The number of rotatable bonds is 0. The first kappa shape index (κ1) is 27.9. The summed E-state index contributed by atoms with van der Waals surface area (Å²) in [5, 5.41) is 0. The minimum absolute atomic E-state index is 0. The molecule has 0 aromatic heterocycles. The van der Waals surface area contributed by atoms with Gasteiger partial charge in [-0.2, -0.15) is 9.59 Å². The van der Waals surface area contributed by atoms with E-state index in [1.807, 2.05) is 0 Å². The fraction of sp³-hybridized carbons (Fsp3) is 0. The SMILES string of the molecule is O=C=O.[C].[He]. The topological polar surface area (TPSA) is 34.1 Å². The van der Waals surface area contributed by atoms with E-state index < -0.39 is 0 Å². The maximum absolute atomic E-state index is 8.12. The van der Waals surface area contributed by atoms with Gasteiger partial charge < -0.3 is 0 Å². The van der Waals surface area contributed by atoms with Crippen molar-refractivity contribution in [1.29, 1.82) is 0 Å². The summed E-state index contributed by atoms with van der Waals surface area (Å²) >= 11 is 0. The predicted octanol–water partition coefficient (Wildman–Crippen LogP) is -0.502. The van der Waals surface area contributed by atoms with Crippen LogP contribution in [0, 0.1) is 13.6 Å². The first-order chi connectivity index (χ1) is 1.41. The first-order valence-electron chi connectivity index (χ1n) is 0.408. The molecule has 0 heterocycles. The molecule has 0 saturated carbocycles. The Morgan fingerprint density at radius 3 is 1.20 bits per heavy atom. The Hall–Kier alpha value is -0.711. The zero-order chi connectivity index (χ0) is 2.71. The second-order valence-electron chi connectivity index (χ2n) is 0.0833. The summed E-state index contributed by atoms with van der Waals surface area (Å²) < 4.78 is 0. The molecule has 0 aliphatic rings. The van der Waals surface area contributed by atoms with Gasteiger partial charge in [0.05, 0.1) is 0 Å². The van der Waals surface area contributed by atoms with Crippen molar-refractivity contribution in [2.45, 2.75) is 0 Å². The summed E-state index contributed by atoms with van der Waals surface area (Å²) in [4.78, 5) is 16.2. The van der Waals surface area contributed by atoms with Gasteiger partial charge in [0.15, 0.2) is 0 Å². The third-order valence-corrected chi connectivity index (χ3v) is 0. The maximum Gasteiger partial charge on any atom is 0.373 e. The van der Waals surface area contributed by atoms with Crippen molar-refractivity contribution in [1.82, 2.24) is 0 Å². The van der Waals surface area contributed by atoms with E-state index in [0.29, 0.717) is 0 Å². The van der Waals surface area contributed by atoms with Crippen LogP contribution in [0.2, 0.25) is 0 Å². The molecule has 0 aliphatic heterocycles. The van der Waals surface area contributed by atoms with Gasteiger partial charge in [-0.25, -0.2) is 0 Å². The van der Waals surface area contributed by atoms with Crippen LogP contribution < -0.4 is 0 Å². The number of carbonyl (C=O) groups excluding carboxylic acids is 2. The van der Waals surface area contributed by atoms with E-state index in [2.05, 4.69) is 0 Å². The van der Waals surface area contributed by atoms with Crippen LogP contribution in [-0.4, -0.2) is 6.15 Å². The van der Waals surface area contributed by atoms with E-state index in [0.717, 1.165) is 0 Å². The summed E-state index contributed by atoms with van der Waals surface area (Å²) in [7, 11) is 0. The smallest absolute Gasteiger partial charge is 0.186 e. The molecule has 5 heavy (non-hydrogen) atoms. The molecule has 22 valence electrons. The molecular formula is C2HeO2. The fourth-order valence-electron chi connectivity index (χ4n) is 0. The van der Waals surface area contributed by atoms with Gasteiger partial charge >= 0.3 is 6.15 Å². The van der Waals surface area contributed by atoms with Crippen LogP contribution in [-0.2, 0) is 9.59 Å². The average molecular weight is 60.0 g/mol. The van der Waals surface area contributed by atoms with Gasteiger partial charge in [0, 0.05) is 13.6 Å². The van der Waals surface area contributed by atoms with E-state index in [1.165, 1.54) is 0 Å². The van der Waals surface area contributed by atoms with Gasteiger partial charge in [-0.15, -0.1) is 0 Å². The maximum atomic E-state index is 8.12. The van der Waals surface area contributed by atoms with Crippen molar-refractivity contribution in [2.75, 3.05) is 0 Å². The molecule has 0 saturated heterocycles. The van der Waals surface area contributed by atoms with Crippen LogP contribution in [0.15, 0.2) is 0 Å². The van der Waals surface area contributed by atoms with Crippen molar-refractivity contribution in [3.8, 4) is 0 Å². The normalized spacial score (nSPS) is 1.60. The Balaban J connectivity index is -0.0000000200. The molecule has 0 rings (SSSR count). The van der Waals surface area contributed by atoms with E-state index in [-0.39, 0.29) is 19.7 Å². The molecule has 0 amide bonds. The standard InChI is InChI=1S/CO2.C.He/c2-1-3;;. The van der Waals surface area contributed by atoms with Crippen LogP contribution in [0.3, 0.4) is 0 Å². The summed E-state index contributed by atoms with van der Waals surface area (Å²) in [6, 6.07) is 0. The molecule has 0 atom stereocenters. The Morgan fingerprint density at radius 2 is 1.20 bits per heavy atom. The Labute approximate surface area is 30.6 Å². The van der Waals surface area contributed by atoms with Crippen molar-refractivity contribution in [3.63, 3.8) is 0 Å². The van der Waals surface area contributed by atoms with Gasteiger partial charge in [-0.1, -0.05) is 0 Å². The van der Waals surface area contributed by atoms with Gasteiger partial charge in [-0.3, -0.25) is 0 Å². The number of hydrogen-bond donors (Lipinski definition) is 0. The summed E-state index contributed by atoms with van der Waals surface area (Å²) in [5.74, 6) is 0. The molecule has 0 N–H and O–H groups in total. The van der Waals surface area contributed by atoms with Gasteiger partial charge in [0.25, 0.3) is 0 Å². The molecule has 0 bridgehead atoms. The molecule has 2 nitrogen and oxygen atoms in total. The summed E-state index contributed by atoms with van der Waals surface area (Å²) in [6.07, 6.45) is 0.250. The molecule has 0 fully saturated rings. The predicted molar refractivity (Wildman–Crippen MR) is 8.25 cm³/mol. The van der Waals surface area contributed by atoms with Gasteiger partial charge in [0.1, 0.15) is 0 Å². The molecular weight excluding hydrogens is 60.0 g/mol. The van der Waals surface area contributed by atoms with Gasteiger partial charge in [0.2, 0.25) is 0 Å². The molecule has 3 heteroatoms. The van der Waals surface area contributed by atoms with E-state index >= 15 is 0 Å². The second kappa shape index (κ2) is 206. The molecule has 0 unspecified atom stereocenters. The third kappa shape index (κ3) is 10.8. The van der Waals surface area contributed by atoms with Crippen molar-refractivity contribution in [2.24, 2.45) is 0 Å². The minimum Gasteiger partial charge on any atom is -0.186 e. The zero-order valence-corrected chi connectivity index (χ0v) is 2.52. The van der Waals surface area contributed by atoms with E-state index in [1.54, 1.807) is 0 Å². The third-order valence-electron chi connectivity index (χ3n) is 0. The molecule has 0 spiro atoms. The van der Waals surface area contributed by atoms with E-state index in [4.69, 9.17) is 9.59 Å².